The molecule has 0 bridgehead atoms. The molecule has 0 radical (unpaired) electrons. The van der Waals surface area contributed by atoms with Gasteiger partial charge in [-0.15, -0.1) is 11.8 Å². The molecule has 0 aliphatic carbocycles. The molecule has 0 atom stereocenters. The van der Waals surface area contributed by atoms with Crippen molar-refractivity contribution < 1.29 is 4.79 Å². The van der Waals surface area contributed by atoms with Gasteiger partial charge in [-0.05, 0) is 31.0 Å². The first-order chi connectivity index (χ1) is 11.8. The van der Waals surface area contributed by atoms with Gasteiger partial charge in [0.2, 0.25) is 0 Å². The molecule has 122 valence electrons. The van der Waals surface area contributed by atoms with Crippen LogP contribution < -0.4 is 5.32 Å². The van der Waals surface area contributed by atoms with Gasteiger partial charge in [0.25, 0.3) is 5.91 Å². The molecule has 2 aromatic rings. The maximum atomic E-state index is 12.9. The van der Waals surface area contributed by atoms with Gasteiger partial charge in [-0.3, -0.25) is 4.79 Å². The van der Waals surface area contributed by atoms with Gasteiger partial charge in [-0.1, -0.05) is 36.4 Å². The summed E-state index contributed by atoms with van der Waals surface area (Å²) in [7, 11) is 0. The topological polar surface area (TPSA) is 32.3 Å². The zero-order chi connectivity index (χ0) is 16.4. The SMILES string of the molecule is O=C(Nc1ccccc1)C1=C(N2CCCC2)c2ccccc2SC1. The summed E-state index contributed by atoms with van der Waals surface area (Å²) in [6, 6.07) is 18.1. The summed E-state index contributed by atoms with van der Waals surface area (Å²) in [4.78, 5) is 16.6. The minimum absolute atomic E-state index is 0.0186. The molecule has 0 saturated carbocycles. The van der Waals surface area contributed by atoms with Crippen LogP contribution in [0.2, 0.25) is 0 Å². The Bertz CT molecular complexity index is 779. The molecule has 24 heavy (non-hydrogen) atoms. The Morgan fingerprint density at radius 1 is 0.958 bits per heavy atom. The Kier molecular flexibility index (Phi) is 4.30. The third kappa shape index (κ3) is 2.94. The van der Waals surface area contributed by atoms with Crippen molar-refractivity contribution in [2.45, 2.75) is 17.7 Å². The molecule has 3 nitrogen and oxygen atoms in total. The maximum Gasteiger partial charge on any atom is 0.254 e. The van der Waals surface area contributed by atoms with Crippen LogP contribution in [0.3, 0.4) is 0 Å². The zero-order valence-electron chi connectivity index (χ0n) is 13.5. The minimum Gasteiger partial charge on any atom is -0.371 e. The molecule has 2 aliphatic heterocycles. The number of para-hydroxylation sites is 1. The average molecular weight is 336 g/mol. The van der Waals surface area contributed by atoms with Crippen LogP contribution >= 0.6 is 11.8 Å². The molecule has 1 saturated heterocycles. The summed E-state index contributed by atoms with van der Waals surface area (Å²) in [5.74, 6) is 0.742. The lowest BCUT2D eigenvalue weighted by Crippen LogP contribution is -2.27. The fourth-order valence-electron chi connectivity index (χ4n) is 3.37. The summed E-state index contributed by atoms with van der Waals surface area (Å²) >= 11 is 1.75. The number of likely N-dealkylation sites (tertiary alicyclic amines) is 1. The summed E-state index contributed by atoms with van der Waals surface area (Å²) in [5.41, 5.74) is 4.08. The Hall–Kier alpha value is -2.20. The summed E-state index contributed by atoms with van der Waals surface area (Å²) in [5, 5.41) is 3.06. The van der Waals surface area contributed by atoms with E-state index in [0.29, 0.717) is 0 Å². The Morgan fingerprint density at radius 3 is 2.46 bits per heavy atom. The van der Waals surface area contributed by atoms with Crippen LogP contribution in [-0.2, 0) is 4.79 Å². The van der Waals surface area contributed by atoms with Crippen LogP contribution in [0, 0.1) is 0 Å². The third-order valence-corrected chi connectivity index (χ3v) is 5.63. The standard InChI is InChI=1S/C20H20N2OS/c23-20(21-15-8-2-1-3-9-15)17-14-24-18-11-5-4-10-16(18)19(17)22-12-6-7-13-22/h1-5,8-11H,6-7,12-14H2,(H,21,23). The number of carbonyl (C=O) groups is 1. The lowest BCUT2D eigenvalue weighted by molar-refractivity contribution is -0.112. The summed E-state index contributed by atoms with van der Waals surface area (Å²) in [6.45, 7) is 2.08. The van der Waals surface area contributed by atoms with E-state index in [1.165, 1.54) is 23.3 Å². The van der Waals surface area contributed by atoms with E-state index in [0.717, 1.165) is 35.8 Å². The number of nitrogens with one attached hydrogen (secondary N) is 1. The van der Waals surface area contributed by atoms with E-state index in [9.17, 15) is 4.79 Å². The molecular weight excluding hydrogens is 316 g/mol. The van der Waals surface area contributed by atoms with Crippen molar-refractivity contribution in [3.8, 4) is 0 Å². The highest BCUT2D eigenvalue weighted by atomic mass is 32.2. The summed E-state index contributed by atoms with van der Waals surface area (Å²) in [6.07, 6.45) is 2.40. The van der Waals surface area contributed by atoms with Crippen molar-refractivity contribution in [3.63, 3.8) is 0 Å². The van der Waals surface area contributed by atoms with E-state index >= 15 is 0 Å². The van der Waals surface area contributed by atoms with Crippen LogP contribution in [0.4, 0.5) is 5.69 Å². The number of thioether (sulfide) groups is 1. The van der Waals surface area contributed by atoms with Crippen molar-refractivity contribution in [2.24, 2.45) is 0 Å². The van der Waals surface area contributed by atoms with Crippen molar-refractivity contribution in [2.75, 3.05) is 24.2 Å². The van der Waals surface area contributed by atoms with Gasteiger partial charge in [0.1, 0.15) is 0 Å². The van der Waals surface area contributed by atoms with Gasteiger partial charge >= 0.3 is 0 Å². The largest absolute Gasteiger partial charge is 0.371 e. The first-order valence-corrected chi connectivity index (χ1v) is 9.38. The predicted octanol–water partition coefficient (Wildman–Crippen LogP) is 4.24. The number of anilines is 1. The van der Waals surface area contributed by atoms with Crippen LogP contribution in [0.15, 0.2) is 65.1 Å². The van der Waals surface area contributed by atoms with Crippen LogP contribution in [0.25, 0.3) is 5.70 Å². The first kappa shape index (κ1) is 15.3. The number of nitrogens with zero attached hydrogens (tertiary/aromatic N) is 1. The van der Waals surface area contributed by atoms with Gasteiger partial charge in [0, 0.05) is 35.0 Å². The van der Waals surface area contributed by atoms with Crippen molar-refractivity contribution in [1.29, 1.82) is 0 Å². The Morgan fingerprint density at radius 2 is 1.67 bits per heavy atom. The van der Waals surface area contributed by atoms with Gasteiger partial charge in [0.05, 0.1) is 11.3 Å². The zero-order valence-corrected chi connectivity index (χ0v) is 14.3. The number of hydrogen-bond donors (Lipinski definition) is 1. The van der Waals surface area contributed by atoms with E-state index in [2.05, 4.69) is 34.5 Å². The number of carbonyl (C=O) groups excluding carboxylic acids is 1. The molecule has 1 fully saturated rings. The molecule has 0 unspecified atom stereocenters. The number of amides is 1. The Balaban J connectivity index is 1.73. The molecular formula is C20H20N2OS. The molecule has 0 aromatic heterocycles. The van der Waals surface area contributed by atoms with E-state index in [1.807, 2.05) is 30.3 Å². The average Bonchev–Trinajstić information content (AvgIpc) is 3.16. The van der Waals surface area contributed by atoms with Crippen molar-refractivity contribution in [1.82, 2.24) is 4.90 Å². The quantitative estimate of drug-likeness (QED) is 0.910. The number of rotatable bonds is 3. The van der Waals surface area contributed by atoms with Crippen molar-refractivity contribution in [3.05, 3.63) is 65.7 Å². The van der Waals surface area contributed by atoms with E-state index < -0.39 is 0 Å². The fraction of sp³-hybridized carbons (Fsp3) is 0.250. The second-order valence-corrected chi connectivity index (χ2v) is 7.14. The molecule has 1 amide bonds. The van der Waals surface area contributed by atoms with E-state index in [4.69, 9.17) is 0 Å². The minimum atomic E-state index is 0.0186. The molecule has 4 heteroatoms. The van der Waals surface area contributed by atoms with Gasteiger partial charge < -0.3 is 10.2 Å². The van der Waals surface area contributed by atoms with E-state index in [1.54, 1.807) is 11.8 Å². The van der Waals surface area contributed by atoms with Crippen LogP contribution in [0.5, 0.6) is 0 Å². The number of benzene rings is 2. The summed E-state index contributed by atoms with van der Waals surface area (Å²) < 4.78 is 0. The molecule has 1 N–H and O–H groups in total. The lowest BCUT2D eigenvalue weighted by Gasteiger charge is -2.30. The first-order valence-electron chi connectivity index (χ1n) is 8.39. The lowest BCUT2D eigenvalue weighted by atomic mass is 10.0. The second-order valence-electron chi connectivity index (χ2n) is 6.13. The van der Waals surface area contributed by atoms with Crippen LogP contribution in [0.1, 0.15) is 18.4 Å². The Labute approximate surface area is 146 Å². The highest BCUT2D eigenvalue weighted by Gasteiger charge is 2.29. The maximum absolute atomic E-state index is 12.9. The number of hydrogen-bond acceptors (Lipinski definition) is 3. The molecule has 2 heterocycles. The fourth-order valence-corrected chi connectivity index (χ4v) is 4.43. The normalized spacial score (nSPS) is 16.9. The molecule has 0 spiro atoms. The highest BCUT2D eigenvalue weighted by Crippen LogP contribution is 2.40. The van der Waals surface area contributed by atoms with Crippen molar-refractivity contribution >= 4 is 29.1 Å². The van der Waals surface area contributed by atoms with Gasteiger partial charge in [0.15, 0.2) is 0 Å². The second kappa shape index (κ2) is 6.73. The van der Waals surface area contributed by atoms with Gasteiger partial charge in [-0.25, -0.2) is 0 Å². The van der Waals surface area contributed by atoms with Crippen LogP contribution in [-0.4, -0.2) is 29.6 Å². The van der Waals surface area contributed by atoms with Gasteiger partial charge in [-0.2, -0.15) is 0 Å². The monoisotopic (exact) mass is 336 g/mol. The smallest absolute Gasteiger partial charge is 0.254 e. The molecule has 2 aromatic carbocycles. The number of fused-ring (bicyclic) bond motifs is 1. The molecule has 2 aliphatic rings. The molecule has 4 rings (SSSR count). The van der Waals surface area contributed by atoms with E-state index in [-0.39, 0.29) is 5.91 Å². The highest BCUT2D eigenvalue weighted by molar-refractivity contribution is 7.99. The third-order valence-electron chi connectivity index (χ3n) is 4.53. The predicted molar refractivity (Wildman–Crippen MR) is 100.0 cm³/mol.